The Morgan fingerprint density at radius 2 is 1.81 bits per heavy atom. The lowest BCUT2D eigenvalue weighted by atomic mass is 10.1. The zero-order chi connectivity index (χ0) is 15.0. The van der Waals surface area contributed by atoms with Gasteiger partial charge in [0.25, 0.3) is 0 Å². The zero-order valence-electron chi connectivity index (χ0n) is 12.3. The van der Waals surface area contributed by atoms with Crippen LogP contribution < -0.4 is 5.32 Å². The number of hydrogen-bond acceptors (Lipinski definition) is 3. The van der Waals surface area contributed by atoms with E-state index in [1.807, 2.05) is 50.2 Å². The predicted molar refractivity (Wildman–Crippen MR) is 84.8 cm³/mol. The maximum Gasteiger partial charge on any atom is 0.244 e. The van der Waals surface area contributed by atoms with Gasteiger partial charge in [0.1, 0.15) is 0 Å². The second-order valence-electron chi connectivity index (χ2n) is 5.71. The summed E-state index contributed by atoms with van der Waals surface area (Å²) in [4.78, 5) is 0.404. The molecule has 4 nitrogen and oxygen atoms in total. The highest BCUT2D eigenvalue weighted by Gasteiger charge is 2.34. The molecule has 0 amide bonds. The van der Waals surface area contributed by atoms with Crippen molar-refractivity contribution in [3.63, 3.8) is 0 Å². The number of piperazine rings is 1. The third-order valence-electron chi connectivity index (χ3n) is 4.04. The van der Waals surface area contributed by atoms with Crippen LogP contribution in [0.5, 0.6) is 0 Å². The normalized spacial score (nSPS) is 24.3. The second kappa shape index (κ2) is 5.40. The van der Waals surface area contributed by atoms with Crippen LogP contribution in [0.25, 0.3) is 10.8 Å². The largest absolute Gasteiger partial charge is 0.311 e. The van der Waals surface area contributed by atoms with Crippen LogP contribution in [0.15, 0.2) is 47.4 Å². The molecular weight excluding hydrogens is 284 g/mol. The number of rotatable bonds is 2. The highest BCUT2D eigenvalue weighted by atomic mass is 32.2. The van der Waals surface area contributed by atoms with Gasteiger partial charge in [0, 0.05) is 30.6 Å². The predicted octanol–water partition coefficient (Wildman–Crippen LogP) is 2.21. The van der Waals surface area contributed by atoms with Crippen LogP contribution in [-0.2, 0) is 10.0 Å². The van der Waals surface area contributed by atoms with E-state index in [1.54, 1.807) is 10.4 Å². The van der Waals surface area contributed by atoms with Crippen molar-refractivity contribution >= 4 is 20.8 Å². The van der Waals surface area contributed by atoms with Crippen LogP contribution in [-0.4, -0.2) is 37.9 Å². The minimum absolute atomic E-state index is 0.0369. The van der Waals surface area contributed by atoms with E-state index in [0.717, 1.165) is 10.8 Å². The number of benzene rings is 2. The molecule has 0 aromatic heterocycles. The van der Waals surface area contributed by atoms with Gasteiger partial charge in [0.15, 0.2) is 0 Å². The molecule has 1 fully saturated rings. The van der Waals surface area contributed by atoms with E-state index >= 15 is 0 Å². The Hall–Kier alpha value is -1.43. The van der Waals surface area contributed by atoms with E-state index in [2.05, 4.69) is 5.32 Å². The van der Waals surface area contributed by atoms with Gasteiger partial charge in [-0.2, -0.15) is 4.31 Å². The van der Waals surface area contributed by atoms with Crippen LogP contribution in [0.3, 0.4) is 0 Å². The van der Waals surface area contributed by atoms with Gasteiger partial charge in [-0.05, 0) is 25.3 Å². The first-order chi connectivity index (χ1) is 10.00. The lowest BCUT2D eigenvalue weighted by Gasteiger charge is -2.36. The Kier molecular flexibility index (Phi) is 3.73. The Labute approximate surface area is 125 Å². The molecule has 1 N–H and O–H groups in total. The van der Waals surface area contributed by atoms with Crippen molar-refractivity contribution < 1.29 is 8.42 Å². The second-order valence-corrected chi connectivity index (χ2v) is 7.57. The molecule has 2 unspecified atom stereocenters. The van der Waals surface area contributed by atoms with Gasteiger partial charge in [0.05, 0.1) is 4.90 Å². The van der Waals surface area contributed by atoms with Gasteiger partial charge in [-0.15, -0.1) is 0 Å². The maximum atomic E-state index is 13.1. The van der Waals surface area contributed by atoms with Crippen molar-refractivity contribution in [1.82, 2.24) is 9.62 Å². The van der Waals surface area contributed by atoms with Crippen molar-refractivity contribution in [2.75, 3.05) is 13.1 Å². The summed E-state index contributed by atoms with van der Waals surface area (Å²) in [6.07, 6.45) is 0. The topological polar surface area (TPSA) is 49.4 Å². The number of hydrogen-bond donors (Lipinski definition) is 1. The van der Waals surface area contributed by atoms with E-state index in [9.17, 15) is 8.42 Å². The molecule has 3 rings (SSSR count). The van der Waals surface area contributed by atoms with Gasteiger partial charge in [-0.25, -0.2) is 8.42 Å². The summed E-state index contributed by atoms with van der Waals surface area (Å²) in [5, 5.41) is 5.06. The highest BCUT2D eigenvalue weighted by Crippen LogP contribution is 2.27. The first-order valence-electron chi connectivity index (χ1n) is 7.23. The lowest BCUT2D eigenvalue weighted by molar-refractivity contribution is 0.245. The molecule has 5 heteroatoms. The number of fused-ring (bicyclic) bond motifs is 1. The average Bonchev–Trinajstić information content (AvgIpc) is 2.49. The maximum absolute atomic E-state index is 13.1. The summed E-state index contributed by atoms with van der Waals surface area (Å²) in [6.45, 7) is 5.15. The molecular formula is C16H20N2O2S. The molecule has 0 spiro atoms. The molecule has 21 heavy (non-hydrogen) atoms. The third kappa shape index (κ3) is 2.57. The quantitative estimate of drug-likeness (QED) is 0.925. The number of sulfonamides is 1. The Bertz CT molecular complexity index is 752. The molecule has 1 heterocycles. The van der Waals surface area contributed by atoms with E-state index in [0.29, 0.717) is 18.0 Å². The molecule has 0 saturated carbocycles. The third-order valence-corrected chi connectivity index (χ3v) is 6.08. The summed E-state index contributed by atoms with van der Waals surface area (Å²) in [7, 11) is -3.48. The standard InChI is InChI=1S/C16H20N2O2S/c1-12-11-18(13(2)10-17-12)21(19,20)16-9-5-7-14-6-3-4-8-15(14)16/h3-9,12-13,17H,10-11H2,1-2H3. The SMILES string of the molecule is CC1CN(S(=O)(=O)c2cccc3ccccc23)C(C)CN1. The monoisotopic (exact) mass is 304 g/mol. The van der Waals surface area contributed by atoms with Gasteiger partial charge in [-0.1, -0.05) is 36.4 Å². The van der Waals surface area contributed by atoms with Gasteiger partial charge >= 0.3 is 0 Å². The van der Waals surface area contributed by atoms with Crippen molar-refractivity contribution in [2.24, 2.45) is 0 Å². The lowest BCUT2D eigenvalue weighted by Crippen LogP contribution is -2.56. The molecule has 2 aromatic rings. The summed E-state index contributed by atoms with van der Waals surface area (Å²) in [5.41, 5.74) is 0. The van der Waals surface area contributed by atoms with Crippen LogP contribution in [0.4, 0.5) is 0 Å². The first kappa shape index (κ1) is 14.5. The van der Waals surface area contributed by atoms with E-state index in [1.165, 1.54) is 0 Å². The number of nitrogens with zero attached hydrogens (tertiary/aromatic N) is 1. The molecule has 1 aliphatic heterocycles. The van der Waals surface area contributed by atoms with E-state index < -0.39 is 10.0 Å². The van der Waals surface area contributed by atoms with Crippen LogP contribution in [0, 0.1) is 0 Å². The van der Waals surface area contributed by atoms with Crippen LogP contribution >= 0.6 is 0 Å². The molecule has 0 bridgehead atoms. The molecule has 2 atom stereocenters. The molecule has 1 saturated heterocycles. The van der Waals surface area contributed by atoms with Crippen molar-refractivity contribution in [3.05, 3.63) is 42.5 Å². The van der Waals surface area contributed by atoms with Gasteiger partial charge in [-0.3, -0.25) is 0 Å². The van der Waals surface area contributed by atoms with Crippen molar-refractivity contribution in [1.29, 1.82) is 0 Å². The highest BCUT2D eigenvalue weighted by molar-refractivity contribution is 7.89. The first-order valence-corrected chi connectivity index (χ1v) is 8.67. The fourth-order valence-electron chi connectivity index (χ4n) is 2.87. The Balaban J connectivity index is 2.12. The van der Waals surface area contributed by atoms with Crippen LogP contribution in [0.1, 0.15) is 13.8 Å². The van der Waals surface area contributed by atoms with Crippen molar-refractivity contribution in [3.8, 4) is 0 Å². The van der Waals surface area contributed by atoms with Crippen LogP contribution in [0.2, 0.25) is 0 Å². The summed E-state index contributed by atoms with van der Waals surface area (Å²) in [6, 6.07) is 13.2. The Morgan fingerprint density at radius 3 is 2.62 bits per heavy atom. The van der Waals surface area contributed by atoms with Gasteiger partial charge < -0.3 is 5.32 Å². The zero-order valence-corrected chi connectivity index (χ0v) is 13.1. The van der Waals surface area contributed by atoms with E-state index in [4.69, 9.17) is 0 Å². The summed E-state index contributed by atoms with van der Waals surface area (Å²) >= 11 is 0. The van der Waals surface area contributed by atoms with Gasteiger partial charge in [0.2, 0.25) is 10.0 Å². The molecule has 1 aliphatic rings. The minimum atomic E-state index is -3.48. The fourth-order valence-corrected chi connectivity index (χ4v) is 4.81. The summed E-state index contributed by atoms with van der Waals surface area (Å²) < 4.78 is 27.7. The molecule has 112 valence electrons. The molecule has 0 aliphatic carbocycles. The molecule has 2 aromatic carbocycles. The Morgan fingerprint density at radius 1 is 1.10 bits per heavy atom. The summed E-state index contributed by atoms with van der Waals surface area (Å²) in [5.74, 6) is 0. The fraction of sp³-hybridized carbons (Fsp3) is 0.375. The average molecular weight is 304 g/mol. The van der Waals surface area contributed by atoms with E-state index in [-0.39, 0.29) is 12.1 Å². The smallest absolute Gasteiger partial charge is 0.244 e. The molecule has 0 radical (unpaired) electrons. The van der Waals surface area contributed by atoms with Crippen molar-refractivity contribution in [2.45, 2.75) is 30.8 Å². The number of nitrogens with one attached hydrogen (secondary N) is 1. The minimum Gasteiger partial charge on any atom is -0.311 e.